The molecule has 1 aromatic heterocycles. The molecule has 0 spiro atoms. The van der Waals surface area contributed by atoms with Crippen LogP contribution in [0.2, 0.25) is 5.02 Å². The maximum Gasteiger partial charge on any atom is 0.0831 e. The van der Waals surface area contributed by atoms with Crippen LogP contribution in [0.1, 0.15) is 18.4 Å². The molecule has 1 saturated carbocycles. The van der Waals surface area contributed by atoms with Crippen molar-refractivity contribution in [2.24, 2.45) is 5.73 Å². The largest absolute Gasteiger partial charge is 0.330 e. The van der Waals surface area contributed by atoms with E-state index in [-0.39, 0.29) is 5.41 Å². The van der Waals surface area contributed by atoms with Crippen LogP contribution in [0.15, 0.2) is 36.7 Å². The van der Waals surface area contributed by atoms with Gasteiger partial charge in [-0.25, -0.2) is 4.68 Å². The van der Waals surface area contributed by atoms with Crippen molar-refractivity contribution >= 4 is 11.6 Å². The predicted molar refractivity (Wildman–Crippen MR) is 68.5 cm³/mol. The summed E-state index contributed by atoms with van der Waals surface area (Å²) in [4.78, 5) is 0. The number of rotatable bonds is 3. The van der Waals surface area contributed by atoms with E-state index in [0.717, 1.165) is 10.7 Å². The molecule has 3 nitrogen and oxygen atoms in total. The molecule has 1 heterocycles. The number of hydrogen-bond donors (Lipinski definition) is 1. The third-order valence-corrected chi connectivity index (χ3v) is 3.86. The lowest BCUT2D eigenvalue weighted by Crippen LogP contribution is -2.19. The Kier molecular flexibility index (Phi) is 2.45. The van der Waals surface area contributed by atoms with Crippen LogP contribution in [0, 0.1) is 0 Å². The number of halogens is 1. The third kappa shape index (κ3) is 1.75. The number of nitrogens with two attached hydrogens (primary N) is 1. The highest BCUT2D eigenvalue weighted by Gasteiger charge is 2.42. The van der Waals surface area contributed by atoms with Gasteiger partial charge in [0, 0.05) is 24.4 Å². The number of nitrogens with zero attached hydrogens (tertiary/aromatic N) is 2. The van der Waals surface area contributed by atoms with E-state index >= 15 is 0 Å². The summed E-state index contributed by atoms with van der Waals surface area (Å²) < 4.78 is 1.77. The second-order valence-electron chi connectivity index (χ2n) is 4.60. The maximum absolute atomic E-state index is 6.31. The van der Waals surface area contributed by atoms with Gasteiger partial charge in [0.2, 0.25) is 0 Å². The van der Waals surface area contributed by atoms with Gasteiger partial charge in [0.25, 0.3) is 0 Å². The minimum absolute atomic E-state index is 0.187. The fourth-order valence-corrected chi connectivity index (χ4v) is 2.46. The quantitative estimate of drug-likeness (QED) is 0.906. The second kappa shape index (κ2) is 3.86. The molecule has 0 unspecified atom stereocenters. The first-order chi connectivity index (χ1) is 8.25. The summed E-state index contributed by atoms with van der Waals surface area (Å²) >= 11 is 6.31. The molecule has 88 valence electrons. The molecule has 2 N–H and O–H groups in total. The van der Waals surface area contributed by atoms with E-state index in [2.05, 4.69) is 11.2 Å². The van der Waals surface area contributed by atoms with E-state index < -0.39 is 0 Å². The van der Waals surface area contributed by atoms with Crippen LogP contribution < -0.4 is 5.73 Å². The molecule has 17 heavy (non-hydrogen) atoms. The van der Waals surface area contributed by atoms with Gasteiger partial charge in [0.1, 0.15) is 0 Å². The predicted octanol–water partition coefficient (Wildman–Crippen LogP) is 2.52. The van der Waals surface area contributed by atoms with Crippen LogP contribution in [0.5, 0.6) is 0 Å². The molecule has 1 fully saturated rings. The summed E-state index contributed by atoms with van der Waals surface area (Å²) in [5.74, 6) is 0. The van der Waals surface area contributed by atoms with Crippen LogP contribution in [0.4, 0.5) is 0 Å². The van der Waals surface area contributed by atoms with Gasteiger partial charge >= 0.3 is 0 Å². The Morgan fingerprint density at radius 1 is 1.41 bits per heavy atom. The zero-order valence-electron chi connectivity index (χ0n) is 9.44. The molecule has 0 aliphatic heterocycles. The van der Waals surface area contributed by atoms with E-state index in [1.807, 2.05) is 24.4 Å². The van der Waals surface area contributed by atoms with Gasteiger partial charge in [-0.05, 0) is 36.6 Å². The van der Waals surface area contributed by atoms with Crippen LogP contribution in [0.3, 0.4) is 0 Å². The minimum atomic E-state index is 0.187. The number of aromatic nitrogens is 2. The van der Waals surface area contributed by atoms with E-state index in [1.165, 1.54) is 18.4 Å². The van der Waals surface area contributed by atoms with Gasteiger partial charge in [-0.1, -0.05) is 17.7 Å². The Morgan fingerprint density at radius 2 is 2.24 bits per heavy atom. The highest BCUT2D eigenvalue weighted by Crippen LogP contribution is 2.48. The molecule has 4 heteroatoms. The second-order valence-corrected chi connectivity index (χ2v) is 5.01. The van der Waals surface area contributed by atoms with Gasteiger partial charge in [-0.3, -0.25) is 0 Å². The van der Waals surface area contributed by atoms with Crippen molar-refractivity contribution < 1.29 is 0 Å². The lowest BCUT2D eigenvalue weighted by atomic mass is 9.96. The Hall–Kier alpha value is -1.32. The molecule has 0 radical (unpaired) electrons. The van der Waals surface area contributed by atoms with Crippen LogP contribution in [0.25, 0.3) is 5.69 Å². The normalized spacial score (nSPS) is 17.1. The molecule has 1 aromatic carbocycles. The molecule has 0 amide bonds. The van der Waals surface area contributed by atoms with Gasteiger partial charge in [0.15, 0.2) is 0 Å². The minimum Gasteiger partial charge on any atom is -0.330 e. The van der Waals surface area contributed by atoms with Crippen molar-refractivity contribution in [2.75, 3.05) is 6.54 Å². The maximum atomic E-state index is 6.31. The van der Waals surface area contributed by atoms with Crippen molar-refractivity contribution in [3.8, 4) is 5.69 Å². The highest BCUT2D eigenvalue weighted by molar-refractivity contribution is 6.32. The third-order valence-electron chi connectivity index (χ3n) is 3.56. The Balaban J connectivity index is 2.00. The zero-order valence-corrected chi connectivity index (χ0v) is 10.2. The van der Waals surface area contributed by atoms with E-state index in [9.17, 15) is 0 Å². The molecule has 0 saturated heterocycles. The van der Waals surface area contributed by atoms with Gasteiger partial charge in [-0.15, -0.1) is 0 Å². The first-order valence-corrected chi connectivity index (χ1v) is 6.13. The van der Waals surface area contributed by atoms with Crippen molar-refractivity contribution in [1.82, 2.24) is 9.78 Å². The Morgan fingerprint density at radius 3 is 2.76 bits per heavy atom. The van der Waals surface area contributed by atoms with Crippen molar-refractivity contribution in [1.29, 1.82) is 0 Å². The van der Waals surface area contributed by atoms with Gasteiger partial charge < -0.3 is 5.73 Å². The molecule has 3 rings (SSSR count). The molecular formula is C13H14ClN3. The topological polar surface area (TPSA) is 43.8 Å². The average molecular weight is 248 g/mol. The van der Waals surface area contributed by atoms with Gasteiger partial charge in [0.05, 0.1) is 10.7 Å². The van der Waals surface area contributed by atoms with E-state index in [4.69, 9.17) is 17.3 Å². The molecule has 2 aromatic rings. The standard InChI is InChI=1S/C13H14ClN3/c14-11-8-10(13(9-15)4-5-13)2-3-12(11)17-7-1-6-16-17/h1-3,6-8H,4-5,9,15H2. The molecule has 0 atom stereocenters. The summed E-state index contributed by atoms with van der Waals surface area (Å²) in [6.07, 6.45) is 5.96. The molecular weight excluding hydrogens is 234 g/mol. The summed E-state index contributed by atoms with van der Waals surface area (Å²) in [6, 6.07) is 8.04. The molecule has 1 aliphatic rings. The SMILES string of the molecule is NCC1(c2ccc(-n3cccn3)c(Cl)c2)CC1. The summed E-state index contributed by atoms with van der Waals surface area (Å²) in [7, 11) is 0. The lowest BCUT2D eigenvalue weighted by molar-refractivity contribution is 0.704. The first kappa shape index (κ1) is 10.8. The fraction of sp³-hybridized carbons (Fsp3) is 0.308. The summed E-state index contributed by atoms with van der Waals surface area (Å²) in [6.45, 7) is 0.699. The van der Waals surface area contributed by atoms with Crippen LogP contribution in [-0.2, 0) is 5.41 Å². The zero-order chi connectivity index (χ0) is 11.9. The average Bonchev–Trinajstić information content (AvgIpc) is 2.97. The Bertz CT molecular complexity index is 530. The monoisotopic (exact) mass is 247 g/mol. The molecule has 1 aliphatic carbocycles. The van der Waals surface area contributed by atoms with Crippen molar-refractivity contribution in [3.05, 3.63) is 47.2 Å². The smallest absolute Gasteiger partial charge is 0.0831 e. The van der Waals surface area contributed by atoms with Crippen LogP contribution >= 0.6 is 11.6 Å². The van der Waals surface area contributed by atoms with E-state index in [1.54, 1.807) is 10.9 Å². The van der Waals surface area contributed by atoms with Crippen LogP contribution in [-0.4, -0.2) is 16.3 Å². The van der Waals surface area contributed by atoms with Crippen molar-refractivity contribution in [3.63, 3.8) is 0 Å². The first-order valence-electron chi connectivity index (χ1n) is 5.75. The Labute approximate surface area is 105 Å². The lowest BCUT2D eigenvalue weighted by Gasteiger charge is -2.14. The van der Waals surface area contributed by atoms with Gasteiger partial charge in [-0.2, -0.15) is 5.10 Å². The van der Waals surface area contributed by atoms with Crippen molar-refractivity contribution in [2.45, 2.75) is 18.3 Å². The fourth-order valence-electron chi connectivity index (χ4n) is 2.20. The molecule has 0 bridgehead atoms. The van der Waals surface area contributed by atoms with E-state index in [0.29, 0.717) is 6.54 Å². The summed E-state index contributed by atoms with van der Waals surface area (Å²) in [5.41, 5.74) is 8.17. The highest BCUT2D eigenvalue weighted by atomic mass is 35.5. The number of hydrogen-bond acceptors (Lipinski definition) is 2. The summed E-state index contributed by atoms with van der Waals surface area (Å²) in [5, 5.41) is 4.91. The number of benzene rings is 1.